The van der Waals surface area contributed by atoms with Crippen LogP contribution in [0, 0.1) is 5.41 Å². The lowest BCUT2D eigenvalue weighted by atomic mass is 9.84. The third-order valence-electron chi connectivity index (χ3n) is 3.52. The van der Waals surface area contributed by atoms with Crippen LogP contribution in [0.1, 0.15) is 62.9 Å². The van der Waals surface area contributed by atoms with Crippen LogP contribution in [0.25, 0.3) is 0 Å². The van der Waals surface area contributed by atoms with Crippen LogP contribution in [0.4, 0.5) is 0 Å². The third-order valence-corrected chi connectivity index (χ3v) is 4.84. The summed E-state index contributed by atoms with van der Waals surface area (Å²) in [6, 6.07) is -0.00887. The highest BCUT2D eigenvalue weighted by Gasteiger charge is 2.19. The van der Waals surface area contributed by atoms with Crippen molar-refractivity contribution in [1.82, 2.24) is 10.3 Å². The minimum absolute atomic E-state index is 0.00887. The number of rotatable bonds is 8. The van der Waals surface area contributed by atoms with Crippen LogP contribution < -0.4 is 11.1 Å². The van der Waals surface area contributed by atoms with Crippen molar-refractivity contribution < 1.29 is 4.79 Å². The Morgan fingerprint density at radius 1 is 1.50 bits per heavy atom. The minimum atomic E-state index is -0.00887. The number of thiazole rings is 1. The van der Waals surface area contributed by atoms with Crippen molar-refractivity contribution >= 4 is 17.2 Å². The number of aryl methyl sites for hydroxylation is 1. The van der Waals surface area contributed by atoms with E-state index in [1.807, 2.05) is 13.1 Å². The number of carbonyl (C=O) groups is 1. The Labute approximate surface area is 126 Å². The van der Waals surface area contributed by atoms with Crippen molar-refractivity contribution in [2.24, 2.45) is 11.1 Å². The summed E-state index contributed by atoms with van der Waals surface area (Å²) in [6.07, 6.45) is 5.24. The van der Waals surface area contributed by atoms with Crippen LogP contribution in [0.2, 0.25) is 0 Å². The maximum Gasteiger partial charge on any atom is 0.220 e. The van der Waals surface area contributed by atoms with E-state index in [2.05, 4.69) is 31.1 Å². The average molecular weight is 297 g/mol. The molecule has 4 nitrogen and oxygen atoms in total. The summed E-state index contributed by atoms with van der Waals surface area (Å²) < 4.78 is 0. The van der Waals surface area contributed by atoms with E-state index in [0.29, 0.717) is 13.0 Å². The topological polar surface area (TPSA) is 68.0 Å². The van der Waals surface area contributed by atoms with Gasteiger partial charge in [0.2, 0.25) is 5.91 Å². The van der Waals surface area contributed by atoms with Gasteiger partial charge in [-0.2, -0.15) is 0 Å². The number of hydrogen-bond donors (Lipinski definition) is 2. The molecule has 0 bridgehead atoms. The van der Waals surface area contributed by atoms with Crippen molar-refractivity contribution in [1.29, 1.82) is 0 Å². The molecule has 0 aliphatic rings. The smallest absolute Gasteiger partial charge is 0.220 e. The lowest BCUT2D eigenvalue weighted by molar-refractivity contribution is -0.122. The first kappa shape index (κ1) is 17.1. The summed E-state index contributed by atoms with van der Waals surface area (Å²) in [7, 11) is 0. The van der Waals surface area contributed by atoms with E-state index in [-0.39, 0.29) is 17.4 Å². The second-order valence-electron chi connectivity index (χ2n) is 6.01. The lowest BCUT2D eigenvalue weighted by Crippen LogP contribution is -2.28. The number of amides is 1. The molecule has 1 atom stereocenters. The molecular formula is C15H27N3OS. The van der Waals surface area contributed by atoms with Crippen molar-refractivity contribution in [2.45, 2.75) is 59.4 Å². The molecule has 0 saturated heterocycles. The summed E-state index contributed by atoms with van der Waals surface area (Å²) in [5, 5.41) is 4.01. The molecule has 1 amide bonds. The van der Waals surface area contributed by atoms with Gasteiger partial charge in [0, 0.05) is 17.5 Å². The molecule has 0 fully saturated rings. The number of nitrogens with two attached hydrogens (primary N) is 1. The first-order valence-corrected chi connectivity index (χ1v) is 8.13. The van der Waals surface area contributed by atoms with E-state index in [9.17, 15) is 4.79 Å². The van der Waals surface area contributed by atoms with Gasteiger partial charge in [0.15, 0.2) is 0 Å². The number of hydrogen-bond acceptors (Lipinski definition) is 4. The fourth-order valence-corrected chi connectivity index (χ4v) is 2.89. The Morgan fingerprint density at radius 3 is 2.75 bits per heavy atom. The van der Waals surface area contributed by atoms with E-state index in [4.69, 9.17) is 5.73 Å². The molecule has 1 aromatic rings. The molecular weight excluding hydrogens is 270 g/mol. The molecule has 1 rings (SSSR count). The van der Waals surface area contributed by atoms with E-state index in [0.717, 1.165) is 24.3 Å². The number of aromatic nitrogens is 1. The molecule has 1 aromatic heterocycles. The highest BCUT2D eigenvalue weighted by atomic mass is 32.1. The fourth-order valence-electron chi connectivity index (χ4n) is 2.03. The third kappa shape index (κ3) is 5.59. The van der Waals surface area contributed by atoms with Gasteiger partial charge in [0.05, 0.1) is 6.04 Å². The van der Waals surface area contributed by atoms with E-state index >= 15 is 0 Å². The summed E-state index contributed by atoms with van der Waals surface area (Å²) in [5.41, 5.74) is 5.72. The van der Waals surface area contributed by atoms with Gasteiger partial charge in [-0.15, -0.1) is 11.3 Å². The zero-order valence-electron chi connectivity index (χ0n) is 13.0. The highest BCUT2D eigenvalue weighted by molar-refractivity contribution is 7.11. The van der Waals surface area contributed by atoms with Crippen LogP contribution in [0.15, 0.2) is 6.20 Å². The van der Waals surface area contributed by atoms with Gasteiger partial charge < -0.3 is 11.1 Å². The molecule has 0 spiro atoms. The van der Waals surface area contributed by atoms with E-state index in [1.54, 1.807) is 11.3 Å². The predicted molar refractivity (Wildman–Crippen MR) is 84.7 cm³/mol. The molecule has 0 radical (unpaired) electrons. The van der Waals surface area contributed by atoms with Gasteiger partial charge in [0.25, 0.3) is 0 Å². The molecule has 0 aliphatic heterocycles. The van der Waals surface area contributed by atoms with Crippen LogP contribution in [0.5, 0.6) is 0 Å². The normalized spacial score (nSPS) is 13.2. The molecule has 3 N–H and O–H groups in total. The fraction of sp³-hybridized carbons (Fsp3) is 0.733. The SMILES string of the molecule is CCc1cnc(C(C)NC(=O)CCC(C)(C)CCN)s1. The molecule has 0 aromatic carbocycles. The Balaban J connectivity index is 2.42. The van der Waals surface area contributed by atoms with Gasteiger partial charge in [-0.1, -0.05) is 20.8 Å². The molecule has 1 unspecified atom stereocenters. The van der Waals surface area contributed by atoms with E-state index in [1.165, 1.54) is 4.88 Å². The molecule has 0 saturated carbocycles. The second kappa shape index (κ2) is 7.74. The Kier molecular flexibility index (Phi) is 6.62. The maximum atomic E-state index is 12.0. The first-order chi connectivity index (χ1) is 9.38. The van der Waals surface area contributed by atoms with Crippen molar-refractivity contribution in [3.05, 3.63) is 16.1 Å². The van der Waals surface area contributed by atoms with Gasteiger partial charge in [-0.25, -0.2) is 4.98 Å². The molecule has 20 heavy (non-hydrogen) atoms. The number of nitrogens with zero attached hydrogens (tertiary/aromatic N) is 1. The molecule has 0 aliphatic carbocycles. The van der Waals surface area contributed by atoms with Crippen molar-refractivity contribution in [3.63, 3.8) is 0 Å². The summed E-state index contributed by atoms with van der Waals surface area (Å²) in [5.74, 6) is 0.0934. The lowest BCUT2D eigenvalue weighted by Gasteiger charge is -2.23. The first-order valence-electron chi connectivity index (χ1n) is 7.32. The monoisotopic (exact) mass is 297 g/mol. The van der Waals surface area contributed by atoms with Gasteiger partial charge >= 0.3 is 0 Å². The molecule has 5 heteroatoms. The van der Waals surface area contributed by atoms with Gasteiger partial charge in [-0.3, -0.25) is 4.79 Å². The van der Waals surface area contributed by atoms with Crippen LogP contribution in [-0.4, -0.2) is 17.4 Å². The number of carbonyl (C=O) groups excluding carboxylic acids is 1. The van der Waals surface area contributed by atoms with Crippen LogP contribution in [-0.2, 0) is 11.2 Å². The Bertz CT molecular complexity index is 429. The van der Waals surface area contributed by atoms with Crippen molar-refractivity contribution in [2.75, 3.05) is 6.54 Å². The summed E-state index contributed by atoms with van der Waals surface area (Å²) in [4.78, 5) is 17.6. The molecule has 1 heterocycles. The minimum Gasteiger partial charge on any atom is -0.347 e. The maximum absolute atomic E-state index is 12.0. The second-order valence-corrected chi connectivity index (χ2v) is 7.16. The summed E-state index contributed by atoms with van der Waals surface area (Å²) >= 11 is 1.67. The largest absolute Gasteiger partial charge is 0.347 e. The van der Waals surface area contributed by atoms with Crippen LogP contribution >= 0.6 is 11.3 Å². The Morgan fingerprint density at radius 2 is 2.20 bits per heavy atom. The highest BCUT2D eigenvalue weighted by Crippen LogP contribution is 2.26. The Hall–Kier alpha value is -0.940. The predicted octanol–water partition coefficient (Wildman–Crippen LogP) is 3.04. The average Bonchev–Trinajstić information content (AvgIpc) is 2.85. The zero-order valence-corrected chi connectivity index (χ0v) is 13.8. The van der Waals surface area contributed by atoms with E-state index < -0.39 is 0 Å². The quantitative estimate of drug-likeness (QED) is 0.775. The number of nitrogens with one attached hydrogen (secondary N) is 1. The zero-order chi connectivity index (χ0) is 15.2. The van der Waals surface area contributed by atoms with Gasteiger partial charge in [0.1, 0.15) is 5.01 Å². The van der Waals surface area contributed by atoms with Crippen molar-refractivity contribution in [3.8, 4) is 0 Å². The standard InChI is InChI=1S/C15H27N3OS/c1-5-12-10-17-14(20-12)11(2)18-13(19)6-7-15(3,4)8-9-16/h10-11H,5-9,16H2,1-4H3,(H,18,19). The molecule has 114 valence electrons. The van der Waals surface area contributed by atoms with Gasteiger partial charge in [-0.05, 0) is 38.1 Å². The summed E-state index contributed by atoms with van der Waals surface area (Å²) in [6.45, 7) is 9.08. The van der Waals surface area contributed by atoms with Crippen LogP contribution in [0.3, 0.4) is 0 Å².